The molecular weight excluding hydrogens is 562 g/mol. The molecule has 9 rings (SSSR count). The van der Waals surface area contributed by atoms with E-state index < -0.39 is 0 Å². The first kappa shape index (κ1) is 26.2. The molecule has 46 heavy (non-hydrogen) atoms. The van der Waals surface area contributed by atoms with E-state index >= 15 is 0 Å². The first-order chi connectivity index (χ1) is 22.8. The average molecular weight is 590 g/mol. The van der Waals surface area contributed by atoms with E-state index in [2.05, 4.69) is 132 Å². The minimum atomic E-state index is 0.618. The molecule has 0 radical (unpaired) electrons. The van der Waals surface area contributed by atoms with Gasteiger partial charge in [-0.1, -0.05) is 109 Å². The van der Waals surface area contributed by atoms with Crippen LogP contribution in [-0.2, 0) is 0 Å². The fourth-order valence-electron chi connectivity index (χ4n) is 6.40. The van der Waals surface area contributed by atoms with E-state index in [1.165, 1.54) is 21.9 Å². The lowest BCUT2D eigenvalue weighted by Gasteiger charge is -2.11. The van der Waals surface area contributed by atoms with E-state index in [0.29, 0.717) is 5.89 Å². The van der Waals surface area contributed by atoms with Gasteiger partial charge >= 0.3 is 0 Å². The summed E-state index contributed by atoms with van der Waals surface area (Å²) in [5.74, 6) is 0.618. The van der Waals surface area contributed by atoms with Crippen LogP contribution in [0.4, 0.5) is 0 Å². The number of aromatic nitrogens is 3. The van der Waals surface area contributed by atoms with E-state index in [0.717, 1.165) is 55.8 Å². The van der Waals surface area contributed by atoms with Gasteiger partial charge in [-0.05, 0) is 65.2 Å². The van der Waals surface area contributed by atoms with Gasteiger partial charge in [0.1, 0.15) is 5.52 Å². The summed E-state index contributed by atoms with van der Waals surface area (Å²) in [4.78, 5) is 9.66. The second kappa shape index (κ2) is 10.7. The monoisotopic (exact) mass is 589 g/mol. The molecule has 3 heterocycles. The number of hydrogen-bond acceptors (Lipinski definition) is 3. The minimum absolute atomic E-state index is 0.618. The molecule has 9 aromatic rings. The van der Waals surface area contributed by atoms with Gasteiger partial charge in [-0.15, -0.1) is 0 Å². The third-order valence-electron chi connectivity index (χ3n) is 8.70. The summed E-state index contributed by atoms with van der Waals surface area (Å²) in [5.41, 5.74) is 12.5. The van der Waals surface area contributed by atoms with E-state index in [1.54, 1.807) is 0 Å². The number of rotatable bonds is 5. The number of nitrogens with zero attached hydrogens (tertiary/aromatic N) is 3. The molecule has 0 amide bonds. The lowest BCUT2D eigenvalue weighted by molar-refractivity contribution is 0.620. The van der Waals surface area contributed by atoms with Gasteiger partial charge in [0.2, 0.25) is 5.89 Å². The van der Waals surface area contributed by atoms with Crippen LogP contribution in [0.3, 0.4) is 0 Å². The van der Waals surface area contributed by atoms with Gasteiger partial charge in [0.25, 0.3) is 0 Å². The normalized spacial score (nSPS) is 11.5. The van der Waals surface area contributed by atoms with Crippen molar-refractivity contribution in [2.45, 2.75) is 0 Å². The Morgan fingerprint density at radius 3 is 1.96 bits per heavy atom. The number of benzene rings is 6. The van der Waals surface area contributed by atoms with Crippen molar-refractivity contribution >= 4 is 32.9 Å². The van der Waals surface area contributed by atoms with E-state index in [4.69, 9.17) is 14.4 Å². The lowest BCUT2D eigenvalue weighted by atomic mass is 10.0. The smallest absolute Gasteiger partial charge is 0.227 e. The lowest BCUT2D eigenvalue weighted by Crippen LogP contribution is -1.95. The molecule has 3 aromatic heterocycles. The zero-order chi connectivity index (χ0) is 30.5. The highest BCUT2D eigenvalue weighted by Crippen LogP contribution is 2.36. The van der Waals surface area contributed by atoms with Crippen LogP contribution < -0.4 is 0 Å². The van der Waals surface area contributed by atoms with Gasteiger partial charge in [0, 0.05) is 39.3 Å². The molecule has 4 heteroatoms. The summed E-state index contributed by atoms with van der Waals surface area (Å²) in [7, 11) is 0. The van der Waals surface area contributed by atoms with Crippen LogP contribution in [0.1, 0.15) is 0 Å². The van der Waals surface area contributed by atoms with Crippen molar-refractivity contribution in [1.29, 1.82) is 0 Å². The Hall–Kier alpha value is -6.26. The summed E-state index contributed by atoms with van der Waals surface area (Å²) in [6.45, 7) is 0. The first-order valence-electron chi connectivity index (χ1n) is 15.4. The molecule has 0 fully saturated rings. The number of pyridine rings is 1. The zero-order valence-corrected chi connectivity index (χ0v) is 24.8. The van der Waals surface area contributed by atoms with Crippen molar-refractivity contribution in [2.75, 3.05) is 0 Å². The van der Waals surface area contributed by atoms with E-state index in [1.807, 2.05) is 36.5 Å². The molecule has 0 saturated heterocycles. The Morgan fingerprint density at radius 2 is 1.13 bits per heavy atom. The van der Waals surface area contributed by atoms with Gasteiger partial charge in [-0.3, -0.25) is 4.98 Å². The van der Waals surface area contributed by atoms with Crippen molar-refractivity contribution in [2.24, 2.45) is 0 Å². The molecule has 6 aromatic carbocycles. The summed E-state index contributed by atoms with van der Waals surface area (Å²) in [6, 6.07) is 54.9. The molecule has 0 spiro atoms. The SMILES string of the molecule is c1ccc(-c2ccc(-c3ccc(-c4cccc(-n5c6ccccc6c6ccc(-c7nc8ccccc8o7)cc65)c4)nc3)cc2)cc1. The highest BCUT2D eigenvalue weighted by atomic mass is 16.3. The molecule has 0 unspecified atom stereocenters. The maximum absolute atomic E-state index is 6.14. The molecular formula is C42H27N3O. The highest BCUT2D eigenvalue weighted by Gasteiger charge is 2.16. The Kier molecular flexibility index (Phi) is 6.10. The van der Waals surface area contributed by atoms with Gasteiger partial charge in [0.15, 0.2) is 5.58 Å². The number of para-hydroxylation sites is 3. The van der Waals surface area contributed by atoms with Crippen LogP contribution in [0, 0.1) is 0 Å². The van der Waals surface area contributed by atoms with Gasteiger partial charge in [0.05, 0.1) is 16.7 Å². The summed E-state index contributed by atoms with van der Waals surface area (Å²) in [6.07, 6.45) is 1.96. The van der Waals surface area contributed by atoms with Crippen molar-refractivity contribution in [3.8, 4) is 50.7 Å². The fourth-order valence-corrected chi connectivity index (χ4v) is 6.40. The predicted octanol–water partition coefficient (Wildman–Crippen LogP) is 11.0. The maximum Gasteiger partial charge on any atom is 0.227 e. The molecule has 216 valence electrons. The molecule has 0 N–H and O–H groups in total. The van der Waals surface area contributed by atoms with Crippen LogP contribution in [0.5, 0.6) is 0 Å². The topological polar surface area (TPSA) is 43.9 Å². The molecule has 0 atom stereocenters. The fraction of sp³-hybridized carbons (Fsp3) is 0. The van der Waals surface area contributed by atoms with E-state index in [9.17, 15) is 0 Å². The third kappa shape index (κ3) is 4.47. The first-order valence-corrected chi connectivity index (χ1v) is 15.4. The highest BCUT2D eigenvalue weighted by molar-refractivity contribution is 6.10. The molecule has 0 aliphatic heterocycles. The van der Waals surface area contributed by atoms with Crippen molar-refractivity contribution in [3.63, 3.8) is 0 Å². The number of hydrogen-bond donors (Lipinski definition) is 0. The molecule has 0 aliphatic rings. The van der Waals surface area contributed by atoms with Crippen molar-refractivity contribution in [3.05, 3.63) is 164 Å². The number of fused-ring (bicyclic) bond motifs is 4. The van der Waals surface area contributed by atoms with Gasteiger partial charge in [-0.25, -0.2) is 4.98 Å². The number of oxazole rings is 1. The Balaban J connectivity index is 1.09. The minimum Gasteiger partial charge on any atom is -0.436 e. The molecule has 4 nitrogen and oxygen atoms in total. The van der Waals surface area contributed by atoms with Gasteiger partial charge in [-0.2, -0.15) is 0 Å². The van der Waals surface area contributed by atoms with Crippen molar-refractivity contribution in [1.82, 2.24) is 14.5 Å². The van der Waals surface area contributed by atoms with Crippen LogP contribution in [0.2, 0.25) is 0 Å². The van der Waals surface area contributed by atoms with Crippen LogP contribution in [0.25, 0.3) is 83.6 Å². The standard InChI is InChI=1S/C42H27N3O/c1-2-9-28(10-3-1)29-17-19-30(20-18-29)33-22-24-37(43-27-33)31-11-8-12-34(25-31)45-39-15-6-4-13-35(39)36-23-21-32(26-40(36)45)42-44-38-14-5-7-16-41(38)46-42/h1-27H. The predicted molar refractivity (Wildman–Crippen MR) is 188 cm³/mol. The Morgan fingerprint density at radius 1 is 0.457 bits per heavy atom. The summed E-state index contributed by atoms with van der Waals surface area (Å²) in [5, 5.41) is 2.38. The van der Waals surface area contributed by atoms with E-state index in [-0.39, 0.29) is 0 Å². The zero-order valence-electron chi connectivity index (χ0n) is 24.8. The Labute approximate surface area is 265 Å². The largest absolute Gasteiger partial charge is 0.436 e. The van der Waals surface area contributed by atoms with Crippen LogP contribution in [-0.4, -0.2) is 14.5 Å². The van der Waals surface area contributed by atoms with Gasteiger partial charge < -0.3 is 8.98 Å². The summed E-state index contributed by atoms with van der Waals surface area (Å²) >= 11 is 0. The second-order valence-corrected chi connectivity index (χ2v) is 11.5. The molecule has 0 saturated carbocycles. The average Bonchev–Trinajstić information content (AvgIpc) is 3.72. The summed E-state index contributed by atoms with van der Waals surface area (Å²) < 4.78 is 8.46. The third-order valence-corrected chi connectivity index (χ3v) is 8.70. The van der Waals surface area contributed by atoms with Crippen LogP contribution >= 0.6 is 0 Å². The van der Waals surface area contributed by atoms with Crippen LogP contribution in [0.15, 0.2) is 168 Å². The molecule has 0 bridgehead atoms. The maximum atomic E-state index is 6.14. The molecule has 0 aliphatic carbocycles. The second-order valence-electron chi connectivity index (χ2n) is 11.5. The Bertz CT molecular complexity index is 2470. The quantitative estimate of drug-likeness (QED) is 0.201. The van der Waals surface area contributed by atoms with Crippen molar-refractivity contribution < 1.29 is 4.42 Å².